The molecular weight excluding hydrogens is 292 g/mol. The zero-order valence-corrected chi connectivity index (χ0v) is 11.9. The fraction of sp³-hybridized carbons (Fsp3) is 0.250. The lowest BCUT2D eigenvalue weighted by Gasteiger charge is -2.27. The number of rotatable bonds is 3. The van der Waals surface area contributed by atoms with Crippen molar-refractivity contribution in [3.05, 3.63) is 42.0 Å². The minimum atomic E-state index is -0.505. The molecule has 1 atom stereocenters. The van der Waals surface area contributed by atoms with Gasteiger partial charge in [-0.2, -0.15) is 0 Å². The van der Waals surface area contributed by atoms with E-state index >= 15 is 0 Å². The molecule has 1 aliphatic heterocycles. The zero-order valence-electron chi connectivity index (χ0n) is 11.9. The van der Waals surface area contributed by atoms with Gasteiger partial charge in [0, 0.05) is 23.7 Å². The smallest absolute Gasteiger partial charge is 0.170 e. The molecule has 2 N–H and O–H groups in total. The monoisotopic (exact) mass is 307 g/mol. The van der Waals surface area contributed by atoms with Crippen LogP contribution in [0.5, 0.6) is 17.2 Å². The van der Waals surface area contributed by atoms with E-state index in [9.17, 15) is 8.78 Å². The van der Waals surface area contributed by atoms with Crippen LogP contribution in [0.4, 0.5) is 8.78 Å². The van der Waals surface area contributed by atoms with Crippen molar-refractivity contribution in [1.29, 1.82) is 0 Å². The fourth-order valence-corrected chi connectivity index (χ4v) is 2.39. The molecule has 0 aliphatic carbocycles. The number of ether oxygens (including phenoxy) is 3. The summed E-state index contributed by atoms with van der Waals surface area (Å²) in [6.45, 7) is 0.503. The first-order valence-electron chi connectivity index (χ1n) is 6.79. The summed E-state index contributed by atoms with van der Waals surface area (Å²) in [5.41, 5.74) is 6.35. The van der Waals surface area contributed by atoms with Crippen LogP contribution in [0, 0.1) is 11.6 Å². The fourth-order valence-electron chi connectivity index (χ4n) is 2.39. The molecule has 0 saturated carbocycles. The Morgan fingerprint density at radius 3 is 2.68 bits per heavy atom. The first-order chi connectivity index (χ1) is 10.6. The lowest BCUT2D eigenvalue weighted by Crippen LogP contribution is -2.36. The van der Waals surface area contributed by atoms with E-state index in [1.165, 1.54) is 37.4 Å². The van der Waals surface area contributed by atoms with E-state index in [0.717, 1.165) is 0 Å². The van der Waals surface area contributed by atoms with Crippen LogP contribution in [0.2, 0.25) is 0 Å². The Bertz CT molecular complexity index is 706. The molecular formula is C16H15F2NO3. The highest BCUT2D eigenvalue weighted by molar-refractivity contribution is 5.78. The Hall–Kier alpha value is -2.34. The predicted octanol–water partition coefficient (Wildman–Crippen LogP) is 2.74. The van der Waals surface area contributed by atoms with Crippen molar-refractivity contribution in [2.24, 2.45) is 5.73 Å². The lowest BCUT2D eigenvalue weighted by molar-refractivity contribution is 0.0971. The van der Waals surface area contributed by atoms with E-state index in [1.54, 1.807) is 0 Å². The van der Waals surface area contributed by atoms with Crippen LogP contribution in [0.3, 0.4) is 0 Å². The van der Waals surface area contributed by atoms with Crippen LogP contribution in [-0.2, 0) is 0 Å². The van der Waals surface area contributed by atoms with Gasteiger partial charge in [0.25, 0.3) is 0 Å². The standard InChI is InChI=1S/C16H15F2NO3/c1-20-14-3-2-9(17)4-12(14)13-5-10(18)6-15-16(13)22-11(7-19)8-21-15/h2-6,11H,7-8,19H2,1H3/t11-/m0/s1. The molecule has 1 aliphatic rings. The first-order valence-corrected chi connectivity index (χ1v) is 6.79. The van der Waals surface area contributed by atoms with Gasteiger partial charge < -0.3 is 19.9 Å². The van der Waals surface area contributed by atoms with E-state index in [2.05, 4.69) is 0 Å². The van der Waals surface area contributed by atoms with Crippen molar-refractivity contribution in [2.45, 2.75) is 6.10 Å². The molecule has 0 aromatic heterocycles. The molecule has 0 unspecified atom stereocenters. The SMILES string of the molecule is COc1ccc(F)cc1-c1cc(F)cc2c1O[C@@H](CN)CO2. The summed E-state index contributed by atoms with van der Waals surface area (Å²) in [5.74, 6) is 0.0569. The molecule has 2 aromatic rings. The van der Waals surface area contributed by atoms with Crippen LogP contribution >= 0.6 is 0 Å². The van der Waals surface area contributed by atoms with Gasteiger partial charge in [-0.3, -0.25) is 0 Å². The van der Waals surface area contributed by atoms with Crippen LogP contribution in [-0.4, -0.2) is 26.4 Å². The van der Waals surface area contributed by atoms with Gasteiger partial charge >= 0.3 is 0 Å². The van der Waals surface area contributed by atoms with Gasteiger partial charge in [-0.25, -0.2) is 8.78 Å². The van der Waals surface area contributed by atoms with E-state index in [4.69, 9.17) is 19.9 Å². The highest BCUT2D eigenvalue weighted by Crippen LogP contribution is 2.44. The summed E-state index contributed by atoms with van der Waals surface area (Å²) in [6.07, 6.45) is -0.337. The quantitative estimate of drug-likeness (QED) is 0.947. The second-order valence-corrected chi connectivity index (χ2v) is 4.91. The van der Waals surface area contributed by atoms with Crippen LogP contribution in [0.25, 0.3) is 11.1 Å². The van der Waals surface area contributed by atoms with Gasteiger partial charge in [-0.05, 0) is 24.3 Å². The third-order valence-corrected chi connectivity index (χ3v) is 3.44. The van der Waals surface area contributed by atoms with E-state index < -0.39 is 11.6 Å². The first kappa shape index (κ1) is 14.6. The number of benzene rings is 2. The summed E-state index contributed by atoms with van der Waals surface area (Å²) in [5, 5.41) is 0. The molecule has 0 radical (unpaired) electrons. The topological polar surface area (TPSA) is 53.7 Å². The van der Waals surface area contributed by atoms with Crippen molar-refractivity contribution < 1.29 is 23.0 Å². The third-order valence-electron chi connectivity index (χ3n) is 3.44. The van der Waals surface area contributed by atoms with Crippen molar-refractivity contribution in [3.8, 4) is 28.4 Å². The molecule has 4 nitrogen and oxygen atoms in total. The minimum absolute atomic E-state index is 0.243. The summed E-state index contributed by atoms with van der Waals surface area (Å²) in [7, 11) is 1.46. The number of fused-ring (bicyclic) bond motifs is 1. The number of hydrogen-bond acceptors (Lipinski definition) is 4. The molecule has 0 saturated heterocycles. The number of nitrogens with two attached hydrogens (primary N) is 1. The van der Waals surface area contributed by atoms with Crippen LogP contribution < -0.4 is 19.9 Å². The highest BCUT2D eigenvalue weighted by atomic mass is 19.1. The second kappa shape index (κ2) is 5.81. The second-order valence-electron chi connectivity index (χ2n) is 4.91. The molecule has 2 aromatic carbocycles. The maximum atomic E-state index is 13.9. The summed E-state index contributed by atoms with van der Waals surface area (Å²) < 4.78 is 44.0. The van der Waals surface area contributed by atoms with Gasteiger partial charge in [-0.1, -0.05) is 0 Å². The summed E-state index contributed by atoms with van der Waals surface area (Å²) >= 11 is 0. The Morgan fingerprint density at radius 1 is 1.18 bits per heavy atom. The third kappa shape index (κ3) is 2.57. The van der Waals surface area contributed by atoms with Crippen molar-refractivity contribution >= 4 is 0 Å². The average Bonchev–Trinajstić information content (AvgIpc) is 2.53. The van der Waals surface area contributed by atoms with Crippen molar-refractivity contribution in [3.63, 3.8) is 0 Å². The molecule has 3 rings (SSSR count). The normalized spacial score (nSPS) is 16.5. The molecule has 0 fully saturated rings. The number of halogens is 2. The molecule has 6 heteroatoms. The molecule has 22 heavy (non-hydrogen) atoms. The average molecular weight is 307 g/mol. The molecule has 0 bridgehead atoms. The van der Waals surface area contributed by atoms with E-state index in [-0.39, 0.29) is 25.0 Å². The van der Waals surface area contributed by atoms with Gasteiger partial charge in [-0.15, -0.1) is 0 Å². The lowest BCUT2D eigenvalue weighted by atomic mass is 10.0. The Kier molecular flexibility index (Phi) is 3.85. The van der Waals surface area contributed by atoms with E-state index in [0.29, 0.717) is 22.6 Å². The minimum Gasteiger partial charge on any atom is -0.496 e. The highest BCUT2D eigenvalue weighted by Gasteiger charge is 2.26. The number of hydrogen-bond donors (Lipinski definition) is 1. The van der Waals surface area contributed by atoms with Crippen LogP contribution in [0.15, 0.2) is 30.3 Å². The Balaban J connectivity index is 2.19. The van der Waals surface area contributed by atoms with Gasteiger partial charge in [0.15, 0.2) is 11.5 Å². The van der Waals surface area contributed by atoms with Gasteiger partial charge in [0.2, 0.25) is 0 Å². The Morgan fingerprint density at radius 2 is 1.95 bits per heavy atom. The summed E-state index contributed by atoms with van der Waals surface area (Å²) in [6, 6.07) is 6.51. The molecule has 116 valence electrons. The maximum absolute atomic E-state index is 13.9. The van der Waals surface area contributed by atoms with Gasteiger partial charge in [0.1, 0.15) is 30.1 Å². The molecule has 0 amide bonds. The van der Waals surface area contributed by atoms with Crippen molar-refractivity contribution in [2.75, 3.05) is 20.3 Å². The summed E-state index contributed by atoms with van der Waals surface area (Å²) in [4.78, 5) is 0. The maximum Gasteiger partial charge on any atom is 0.170 e. The molecule has 0 spiro atoms. The van der Waals surface area contributed by atoms with Gasteiger partial charge in [0.05, 0.1) is 7.11 Å². The van der Waals surface area contributed by atoms with Crippen molar-refractivity contribution in [1.82, 2.24) is 0 Å². The van der Waals surface area contributed by atoms with Crippen LogP contribution in [0.1, 0.15) is 0 Å². The Labute approximate surface area is 126 Å². The van der Waals surface area contributed by atoms with E-state index in [1.807, 2.05) is 0 Å². The molecule has 1 heterocycles. The largest absolute Gasteiger partial charge is 0.496 e. The zero-order chi connectivity index (χ0) is 15.7. The predicted molar refractivity (Wildman–Crippen MR) is 77.3 cm³/mol. The number of methoxy groups -OCH3 is 1.